The number of para-hydroxylation sites is 1. The Morgan fingerprint density at radius 3 is 2.59 bits per heavy atom. The molecule has 0 radical (unpaired) electrons. The molecule has 0 spiro atoms. The highest BCUT2D eigenvalue weighted by molar-refractivity contribution is 7.89. The number of amides is 1. The van der Waals surface area contributed by atoms with Crippen LogP contribution in [0, 0.1) is 5.92 Å². The molecule has 1 atom stereocenters. The quantitative estimate of drug-likeness (QED) is 0.801. The van der Waals surface area contributed by atoms with Gasteiger partial charge in [-0.3, -0.25) is 14.2 Å². The molecule has 4 rings (SSSR count). The van der Waals surface area contributed by atoms with Gasteiger partial charge in [-0.15, -0.1) is 0 Å². The molecule has 0 bridgehead atoms. The average molecular weight is 391 g/mol. The van der Waals surface area contributed by atoms with Crippen molar-refractivity contribution >= 4 is 26.8 Å². The van der Waals surface area contributed by atoms with Crippen LogP contribution in [0.15, 0.2) is 41.4 Å². The Labute approximate surface area is 158 Å². The van der Waals surface area contributed by atoms with Gasteiger partial charge >= 0.3 is 0 Å². The fourth-order valence-corrected chi connectivity index (χ4v) is 5.72. The number of aromatic nitrogens is 1. The van der Waals surface area contributed by atoms with Crippen molar-refractivity contribution in [2.45, 2.75) is 30.2 Å². The van der Waals surface area contributed by atoms with Gasteiger partial charge in [0.05, 0.1) is 12.2 Å². The van der Waals surface area contributed by atoms with Gasteiger partial charge in [0.1, 0.15) is 4.90 Å². The van der Waals surface area contributed by atoms with Crippen LogP contribution < -0.4 is 0 Å². The number of fused-ring (bicyclic) bond motifs is 1. The van der Waals surface area contributed by atoms with Crippen molar-refractivity contribution in [2.75, 3.05) is 26.3 Å². The second kappa shape index (κ2) is 7.16. The predicted octanol–water partition coefficient (Wildman–Crippen LogP) is 2.21. The fraction of sp³-hybridized carbons (Fsp3) is 0.474. The number of alkyl halides is 1. The van der Waals surface area contributed by atoms with Crippen molar-refractivity contribution in [2.24, 2.45) is 5.92 Å². The van der Waals surface area contributed by atoms with E-state index in [0.717, 1.165) is 5.39 Å². The SMILES string of the molecule is O=C1CC(CF)CN1C1CCN(S(=O)(=O)c2cccc3cccnc23)CC1. The zero-order valence-electron chi connectivity index (χ0n) is 14.9. The van der Waals surface area contributed by atoms with Gasteiger partial charge in [-0.25, -0.2) is 8.42 Å². The Kier molecular flexibility index (Phi) is 4.86. The summed E-state index contributed by atoms with van der Waals surface area (Å²) in [4.78, 5) is 18.3. The molecule has 2 aliphatic rings. The highest BCUT2D eigenvalue weighted by atomic mass is 32.2. The number of carbonyl (C=O) groups is 1. The molecule has 8 heteroatoms. The van der Waals surface area contributed by atoms with E-state index in [1.807, 2.05) is 12.1 Å². The van der Waals surface area contributed by atoms with Gasteiger partial charge < -0.3 is 4.90 Å². The van der Waals surface area contributed by atoms with E-state index in [9.17, 15) is 17.6 Å². The van der Waals surface area contributed by atoms with Gasteiger partial charge in [-0.05, 0) is 25.0 Å². The van der Waals surface area contributed by atoms with E-state index in [1.54, 1.807) is 29.3 Å². The van der Waals surface area contributed by atoms with Crippen LogP contribution in [0.25, 0.3) is 10.9 Å². The Hall–Kier alpha value is -2.06. The monoisotopic (exact) mass is 391 g/mol. The molecule has 2 fully saturated rings. The Balaban J connectivity index is 1.51. The Bertz CT molecular complexity index is 952. The van der Waals surface area contributed by atoms with Crippen LogP contribution in [0.5, 0.6) is 0 Å². The van der Waals surface area contributed by atoms with E-state index < -0.39 is 16.7 Å². The number of hydrogen-bond donors (Lipinski definition) is 0. The highest BCUT2D eigenvalue weighted by Crippen LogP contribution is 2.30. The summed E-state index contributed by atoms with van der Waals surface area (Å²) in [7, 11) is -3.66. The van der Waals surface area contributed by atoms with Crippen molar-refractivity contribution in [3.63, 3.8) is 0 Å². The summed E-state index contributed by atoms with van der Waals surface area (Å²) in [6, 6.07) is 8.77. The molecule has 0 N–H and O–H groups in total. The fourth-order valence-electron chi connectivity index (χ4n) is 4.08. The second-order valence-electron chi connectivity index (χ2n) is 7.24. The lowest BCUT2D eigenvalue weighted by molar-refractivity contribution is -0.130. The third kappa shape index (κ3) is 3.32. The van der Waals surface area contributed by atoms with Gasteiger partial charge in [0.15, 0.2) is 0 Å². The van der Waals surface area contributed by atoms with Crippen molar-refractivity contribution in [3.05, 3.63) is 36.5 Å². The van der Waals surface area contributed by atoms with Crippen LogP contribution in [0.2, 0.25) is 0 Å². The lowest BCUT2D eigenvalue weighted by atomic mass is 10.1. The first kappa shape index (κ1) is 18.3. The van der Waals surface area contributed by atoms with Crippen molar-refractivity contribution in [3.8, 4) is 0 Å². The van der Waals surface area contributed by atoms with Gasteiger partial charge in [0.2, 0.25) is 15.9 Å². The molecule has 144 valence electrons. The van der Waals surface area contributed by atoms with E-state index in [-0.39, 0.29) is 29.2 Å². The molecule has 2 saturated heterocycles. The largest absolute Gasteiger partial charge is 0.339 e. The van der Waals surface area contributed by atoms with Gasteiger partial charge in [-0.2, -0.15) is 4.31 Å². The minimum absolute atomic E-state index is 0.00820. The number of piperidine rings is 1. The minimum atomic E-state index is -3.66. The molecular formula is C19H22FN3O3S. The standard InChI is InChI=1S/C19H22FN3O3S/c20-12-14-11-18(24)23(13-14)16-6-9-22(10-7-16)27(25,26)17-5-1-3-15-4-2-8-21-19(15)17/h1-5,8,14,16H,6-7,9-13H2. The molecule has 1 aromatic heterocycles. The number of hydrogen-bond acceptors (Lipinski definition) is 4. The Morgan fingerprint density at radius 2 is 1.89 bits per heavy atom. The molecule has 1 unspecified atom stereocenters. The number of carbonyl (C=O) groups excluding carboxylic acids is 1. The highest BCUT2D eigenvalue weighted by Gasteiger charge is 2.38. The first-order valence-corrected chi connectivity index (χ1v) is 10.6. The molecule has 2 aromatic rings. The number of sulfonamides is 1. The molecular weight excluding hydrogens is 369 g/mol. The number of halogens is 1. The van der Waals surface area contributed by atoms with Crippen LogP contribution in [0.3, 0.4) is 0 Å². The summed E-state index contributed by atoms with van der Waals surface area (Å²) in [6.07, 6.45) is 2.99. The molecule has 1 amide bonds. The zero-order valence-corrected chi connectivity index (χ0v) is 15.7. The molecule has 6 nitrogen and oxygen atoms in total. The first-order chi connectivity index (χ1) is 13.0. The predicted molar refractivity (Wildman–Crippen MR) is 99.3 cm³/mol. The maximum atomic E-state index is 13.1. The van der Waals surface area contributed by atoms with E-state index in [2.05, 4.69) is 4.98 Å². The maximum absolute atomic E-state index is 13.1. The topological polar surface area (TPSA) is 70.6 Å². The number of nitrogens with zero attached hydrogens (tertiary/aromatic N) is 3. The van der Waals surface area contributed by atoms with E-state index in [4.69, 9.17) is 0 Å². The molecule has 0 aliphatic carbocycles. The lowest BCUT2D eigenvalue weighted by Gasteiger charge is -2.36. The van der Waals surface area contributed by atoms with Crippen LogP contribution in [-0.4, -0.2) is 60.9 Å². The number of rotatable bonds is 4. The Morgan fingerprint density at radius 1 is 1.15 bits per heavy atom. The van der Waals surface area contributed by atoms with E-state index >= 15 is 0 Å². The van der Waals surface area contributed by atoms with Gasteiger partial charge in [0.25, 0.3) is 0 Å². The van der Waals surface area contributed by atoms with Crippen molar-refractivity contribution < 1.29 is 17.6 Å². The van der Waals surface area contributed by atoms with Crippen LogP contribution in [0.1, 0.15) is 19.3 Å². The van der Waals surface area contributed by atoms with Crippen LogP contribution >= 0.6 is 0 Å². The lowest BCUT2D eigenvalue weighted by Crippen LogP contribution is -2.47. The van der Waals surface area contributed by atoms with Crippen molar-refractivity contribution in [1.29, 1.82) is 0 Å². The number of benzene rings is 1. The summed E-state index contributed by atoms with van der Waals surface area (Å²) >= 11 is 0. The summed E-state index contributed by atoms with van der Waals surface area (Å²) in [5.41, 5.74) is 0.475. The third-order valence-electron chi connectivity index (χ3n) is 5.53. The summed E-state index contributed by atoms with van der Waals surface area (Å²) in [5, 5.41) is 0.786. The van der Waals surface area contributed by atoms with Gasteiger partial charge in [-0.1, -0.05) is 18.2 Å². The molecule has 3 heterocycles. The van der Waals surface area contributed by atoms with Crippen LogP contribution in [0.4, 0.5) is 4.39 Å². The second-order valence-corrected chi connectivity index (χ2v) is 9.14. The van der Waals surface area contributed by atoms with E-state index in [0.29, 0.717) is 38.0 Å². The van der Waals surface area contributed by atoms with E-state index in [1.165, 1.54) is 4.31 Å². The number of likely N-dealkylation sites (tertiary alicyclic amines) is 1. The molecule has 2 aliphatic heterocycles. The third-order valence-corrected chi connectivity index (χ3v) is 7.46. The molecule has 0 saturated carbocycles. The van der Waals surface area contributed by atoms with Gasteiger partial charge in [0, 0.05) is 49.6 Å². The summed E-state index contributed by atoms with van der Waals surface area (Å²) in [6.45, 7) is 0.657. The van der Waals surface area contributed by atoms with Crippen molar-refractivity contribution in [1.82, 2.24) is 14.2 Å². The average Bonchev–Trinajstić information content (AvgIpc) is 3.08. The summed E-state index contributed by atoms with van der Waals surface area (Å²) < 4.78 is 40.6. The maximum Gasteiger partial charge on any atom is 0.245 e. The smallest absolute Gasteiger partial charge is 0.245 e. The minimum Gasteiger partial charge on any atom is -0.339 e. The molecule has 1 aromatic carbocycles. The number of pyridine rings is 1. The normalized spacial score (nSPS) is 22.6. The molecule has 27 heavy (non-hydrogen) atoms. The first-order valence-electron chi connectivity index (χ1n) is 9.20. The summed E-state index contributed by atoms with van der Waals surface area (Å²) in [5.74, 6) is -0.238. The zero-order chi connectivity index (χ0) is 19.0. The van der Waals surface area contributed by atoms with Crippen LogP contribution in [-0.2, 0) is 14.8 Å².